The zero-order valence-electron chi connectivity index (χ0n) is 20.2. The Balaban J connectivity index is 1.54. The molecule has 1 saturated heterocycles. The van der Waals surface area contributed by atoms with Crippen LogP contribution in [-0.2, 0) is 0 Å². The molecule has 0 bridgehead atoms. The van der Waals surface area contributed by atoms with Gasteiger partial charge in [-0.1, -0.05) is 24.1 Å². The van der Waals surface area contributed by atoms with Gasteiger partial charge in [0.15, 0.2) is 17.7 Å². The highest BCUT2D eigenvalue weighted by Gasteiger charge is 2.40. The van der Waals surface area contributed by atoms with Crippen molar-refractivity contribution in [1.82, 2.24) is 25.1 Å². The number of hydrogen-bond acceptors (Lipinski definition) is 7. The molecule has 4 N–H and O–H groups in total. The normalized spacial score (nSPS) is 17.7. The fourth-order valence-corrected chi connectivity index (χ4v) is 4.60. The Labute approximate surface area is 212 Å². The van der Waals surface area contributed by atoms with Crippen molar-refractivity contribution in [2.45, 2.75) is 58.4 Å². The first-order chi connectivity index (χ1) is 17.0. The van der Waals surface area contributed by atoms with Gasteiger partial charge in [-0.25, -0.2) is 4.98 Å². The number of aliphatic hydroxyl groups excluding tert-OH is 1. The molecule has 0 radical (unpaired) electrons. The van der Waals surface area contributed by atoms with Gasteiger partial charge in [0.25, 0.3) is 0 Å². The van der Waals surface area contributed by atoms with Crippen LogP contribution in [0.15, 0.2) is 24.4 Å². The summed E-state index contributed by atoms with van der Waals surface area (Å²) in [6.45, 7) is 5.82. The second-order valence-electron chi connectivity index (χ2n) is 9.16. The van der Waals surface area contributed by atoms with Gasteiger partial charge in [0.1, 0.15) is 5.02 Å². The molecule has 2 aromatic heterocycles. The van der Waals surface area contributed by atoms with E-state index >= 15 is 0 Å². The van der Waals surface area contributed by atoms with Crippen LogP contribution in [0.3, 0.4) is 0 Å². The maximum Gasteiger partial charge on any atom is 0.415 e. The molecule has 1 aliphatic heterocycles. The molecule has 0 saturated carbocycles. The number of aromatic amines is 1. The average molecular weight is 524 g/mol. The molecular formula is C24H29ClF3N7O. The molecule has 8 nitrogen and oxygen atoms in total. The largest absolute Gasteiger partial charge is 0.415 e. The van der Waals surface area contributed by atoms with Crippen LogP contribution in [0.25, 0.3) is 0 Å². The maximum absolute atomic E-state index is 13.0. The molecule has 0 aliphatic carbocycles. The molecule has 12 heteroatoms. The van der Waals surface area contributed by atoms with Crippen molar-refractivity contribution in [1.29, 1.82) is 0 Å². The zero-order chi connectivity index (χ0) is 26.0. The number of anilines is 4. The van der Waals surface area contributed by atoms with Gasteiger partial charge in [0, 0.05) is 30.0 Å². The summed E-state index contributed by atoms with van der Waals surface area (Å²) in [7, 11) is 0. The molecule has 3 aromatic rings. The predicted octanol–water partition coefficient (Wildman–Crippen LogP) is 5.72. The first kappa shape index (κ1) is 26.2. The minimum atomic E-state index is -4.64. The summed E-state index contributed by atoms with van der Waals surface area (Å²) in [5.41, 5.74) is 4.45. The van der Waals surface area contributed by atoms with Gasteiger partial charge in [-0.2, -0.15) is 23.3 Å². The Hall–Kier alpha value is -2.89. The smallest absolute Gasteiger partial charge is 0.382 e. The number of piperidine rings is 1. The van der Waals surface area contributed by atoms with Gasteiger partial charge in [0.05, 0.1) is 6.20 Å². The third kappa shape index (κ3) is 6.08. The van der Waals surface area contributed by atoms with Gasteiger partial charge >= 0.3 is 6.18 Å². The molecule has 0 amide bonds. The lowest BCUT2D eigenvalue weighted by Gasteiger charge is -2.38. The van der Waals surface area contributed by atoms with Crippen LogP contribution in [0.2, 0.25) is 5.02 Å². The van der Waals surface area contributed by atoms with Crippen LogP contribution in [0.5, 0.6) is 0 Å². The van der Waals surface area contributed by atoms with E-state index in [2.05, 4.69) is 30.8 Å². The quantitative estimate of drug-likeness (QED) is 0.314. The number of aliphatic hydroxyl groups is 1. The van der Waals surface area contributed by atoms with Crippen molar-refractivity contribution in [3.63, 3.8) is 0 Å². The molecule has 1 aromatic carbocycles. The van der Waals surface area contributed by atoms with Crippen LogP contribution >= 0.6 is 11.6 Å². The molecule has 1 aliphatic rings. The van der Waals surface area contributed by atoms with Crippen LogP contribution in [0.4, 0.5) is 36.4 Å². The standard InChI is InChI=1S/C24H29ClF3N7O/c1-13-9-18(30-23-29-11-17(25)22(32-23)31-21-10-15(3)33-34-21)14(2)8-16(13)19-6-4-5-7-35(19)12-20(36)24(26,27)28/h8-11,19-20,36H,4-7,12H2,1-3H3,(H3,29,30,31,32,33,34)/t19?,20-/m1/s1. The van der Waals surface area contributed by atoms with E-state index in [0.717, 1.165) is 47.3 Å². The number of alkyl halides is 3. The summed E-state index contributed by atoms with van der Waals surface area (Å²) < 4.78 is 39.0. The summed E-state index contributed by atoms with van der Waals surface area (Å²) in [4.78, 5) is 10.5. The first-order valence-corrected chi connectivity index (χ1v) is 12.1. The van der Waals surface area contributed by atoms with Crippen molar-refractivity contribution >= 4 is 34.9 Å². The fourth-order valence-electron chi connectivity index (χ4n) is 4.46. The Bertz CT molecular complexity index is 1220. The highest BCUT2D eigenvalue weighted by atomic mass is 35.5. The number of nitrogens with one attached hydrogen (secondary N) is 3. The summed E-state index contributed by atoms with van der Waals surface area (Å²) >= 11 is 6.25. The lowest BCUT2D eigenvalue weighted by Crippen LogP contribution is -2.44. The van der Waals surface area contributed by atoms with E-state index < -0.39 is 18.8 Å². The maximum atomic E-state index is 13.0. The van der Waals surface area contributed by atoms with Crippen molar-refractivity contribution in [2.24, 2.45) is 0 Å². The Kier molecular flexibility index (Phi) is 7.72. The summed E-state index contributed by atoms with van der Waals surface area (Å²) in [6.07, 6.45) is -3.05. The topological polar surface area (TPSA) is 102 Å². The number of benzene rings is 1. The molecule has 4 rings (SSSR count). The average Bonchev–Trinajstić information content (AvgIpc) is 3.22. The van der Waals surface area contributed by atoms with Gasteiger partial charge in [-0.3, -0.25) is 10.00 Å². The Morgan fingerprint density at radius 2 is 1.94 bits per heavy atom. The monoisotopic (exact) mass is 523 g/mol. The molecule has 1 fully saturated rings. The number of hydrogen-bond donors (Lipinski definition) is 4. The van der Waals surface area contributed by atoms with Crippen LogP contribution in [0.1, 0.15) is 47.7 Å². The number of rotatable bonds is 7. The number of nitrogens with zero attached hydrogens (tertiary/aromatic N) is 4. The molecule has 0 spiro atoms. The van der Waals surface area contributed by atoms with Crippen molar-refractivity contribution in [3.05, 3.63) is 51.8 Å². The van der Waals surface area contributed by atoms with Crippen LogP contribution in [0, 0.1) is 20.8 Å². The Morgan fingerprint density at radius 1 is 1.17 bits per heavy atom. The van der Waals surface area contributed by atoms with Crippen molar-refractivity contribution in [2.75, 3.05) is 23.7 Å². The number of H-pyrrole nitrogens is 1. The second kappa shape index (κ2) is 10.6. The summed E-state index contributed by atoms with van der Waals surface area (Å²) in [5, 5.41) is 23.2. The van der Waals surface area contributed by atoms with E-state index in [1.165, 1.54) is 6.20 Å². The number of aromatic nitrogens is 4. The lowest BCUT2D eigenvalue weighted by atomic mass is 9.90. The fraction of sp³-hybridized carbons (Fsp3) is 0.458. The van der Waals surface area contributed by atoms with Crippen molar-refractivity contribution < 1.29 is 18.3 Å². The van der Waals surface area contributed by atoms with Crippen molar-refractivity contribution in [3.8, 4) is 0 Å². The molecule has 194 valence electrons. The molecule has 3 heterocycles. The summed E-state index contributed by atoms with van der Waals surface area (Å²) in [6, 6.07) is 5.56. The summed E-state index contributed by atoms with van der Waals surface area (Å²) in [5.74, 6) is 1.30. The van der Waals surface area contributed by atoms with E-state index in [1.807, 2.05) is 39.0 Å². The van der Waals surface area contributed by atoms with Gasteiger partial charge < -0.3 is 15.7 Å². The van der Waals surface area contributed by atoms with Gasteiger partial charge in [-0.15, -0.1) is 0 Å². The number of β-amino-alcohol motifs (C(OH)–C–C–N with tert-alkyl or cyclic N) is 1. The lowest BCUT2D eigenvalue weighted by molar-refractivity contribution is -0.210. The van der Waals surface area contributed by atoms with Gasteiger partial charge in [-0.05, 0) is 62.9 Å². The molecule has 2 atom stereocenters. The van der Waals surface area contributed by atoms with Crippen LogP contribution in [-0.4, -0.2) is 55.5 Å². The number of likely N-dealkylation sites (tertiary alicyclic amines) is 1. The van der Waals surface area contributed by atoms with E-state index in [9.17, 15) is 18.3 Å². The Morgan fingerprint density at radius 3 is 2.64 bits per heavy atom. The second-order valence-corrected chi connectivity index (χ2v) is 9.57. The predicted molar refractivity (Wildman–Crippen MR) is 133 cm³/mol. The highest BCUT2D eigenvalue weighted by molar-refractivity contribution is 6.32. The zero-order valence-corrected chi connectivity index (χ0v) is 21.0. The van der Waals surface area contributed by atoms with E-state index in [4.69, 9.17) is 11.6 Å². The first-order valence-electron chi connectivity index (χ1n) is 11.7. The number of aryl methyl sites for hydroxylation is 3. The third-order valence-corrected chi connectivity index (χ3v) is 6.59. The SMILES string of the molecule is Cc1cc(Nc2nc(Nc3cc(C)c(C4CCCCN4C[C@@H](O)C(F)(F)F)cc3C)ncc2Cl)n[nH]1. The molecule has 36 heavy (non-hydrogen) atoms. The van der Waals surface area contributed by atoms with E-state index in [-0.39, 0.29) is 6.04 Å². The minimum Gasteiger partial charge on any atom is -0.382 e. The van der Waals surface area contributed by atoms with E-state index in [1.54, 1.807) is 4.90 Å². The molecular weight excluding hydrogens is 495 g/mol. The third-order valence-electron chi connectivity index (χ3n) is 6.31. The van der Waals surface area contributed by atoms with E-state index in [0.29, 0.717) is 29.2 Å². The van der Waals surface area contributed by atoms with Crippen LogP contribution < -0.4 is 10.6 Å². The number of halogens is 4. The molecule has 1 unspecified atom stereocenters. The minimum absolute atomic E-state index is 0.191. The highest BCUT2D eigenvalue weighted by Crippen LogP contribution is 2.37. The van der Waals surface area contributed by atoms with Gasteiger partial charge in [0.2, 0.25) is 5.95 Å².